The van der Waals surface area contributed by atoms with Crippen LogP contribution in [0.3, 0.4) is 0 Å². The van der Waals surface area contributed by atoms with Gasteiger partial charge in [0, 0.05) is 62.1 Å². The molecule has 1 aliphatic heterocycles. The number of fused-ring (bicyclic) bond motifs is 1. The number of carbonyl (C=O) groups excluding carboxylic acids is 18. The number of para-hydroxylation sites is 1. The number of likely N-dealkylation sites (tertiary alicyclic amines) is 1. The number of unbranched alkanes of at least 4 members (excludes halogenated alkanes) is 1. The van der Waals surface area contributed by atoms with E-state index in [0.29, 0.717) is 27.7 Å². The molecule has 1 fully saturated rings. The normalized spacial score (nSPS) is 16.4. The SMILES string of the molecule is CC[C@H](C)[C@H](NC(=O)[C@H](CO)NC(=O)[C@H](CC(N)=O)NC(=O)[C@H](CCC(N)=O)NC(=O)[C@@H](NC(=O)[C@H](CCCCN)NC(=O)[C@H](CO)NC(=O)[C@H](Cc1c[nH]c2ccccc12)NC(=O)[C@@H]1CCCN1C(=O)[C@H](CO)NC(=O)[C@@H](NC(=O)[C@H](Cc1ccc(O)cc1)NC(=O)[C@H](CC(C)C)NC(=O)[C@@H](N)Cc1c[nH]cn1)C(C)C)[C@@H](C)O)C(=O)N[C@@H](CO)C(=O)N[C@@H](CCCNC(=N)N)C(=O)N[C@H](C(=O)O)[C@@H](C)O. The van der Waals surface area contributed by atoms with Gasteiger partial charge in [-0.3, -0.25) is 91.7 Å². The van der Waals surface area contributed by atoms with Gasteiger partial charge in [0.25, 0.3) is 0 Å². The number of aromatic nitrogens is 3. The van der Waals surface area contributed by atoms with Gasteiger partial charge in [-0.1, -0.05) is 78.3 Å². The first-order chi connectivity index (χ1) is 67.1. The highest BCUT2D eigenvalue weighted by molar-refractivity contribution is 6.03. The molecular formula is C89H138N26O27. The van der Waals surface area contributed by atoms with Crippen molar-refractivity contribution < 1.29 is 132 Å². The molecule has 2 aromatic heterocycles. The Morgan fingerprint density at radius 2 is 0.951 bits per heavy atom. The largest absolute Gasteiger partial charge is 0.508 e. The third-order valence-corrected chi connectivity index (χ3v) is 23.2. The van der Waals surface area contributed by atoms with Crippen molar-refractivity contribution in [1.82, 2.24) is 105 Å². The van der Waals surface area contributed by atoms with Gasteiger partial charge < -0.3 is 169 Å². The second-order valence-corrected chi connectivity index (χ2v) is 35.4. The summed E-state index contributed by atoms with van der Waals surface area (Å²) in [6, 6.07) is -16.6. The smallest absolute Gasteiger partial charge is 0.328 e. The molecule has 3 heterocycles. The molecular weight excluding hydrogens is 1870 g/mol. The molecule has 37 N–H and O–H groups in total. The van der Waals surface area contributed by atoms with Crippen LogP contribution in [0.1, 0.15) is 149 Å². The first kappa shape index (κ1) is 118. The lowest BCUT2D eigenvalue weighted by Gasteiger charge is -2.31. The number of H-pyrrole nitrogens is 2. The van der Waals surface area contributed by atoms with Gasteiger partial charge in [0.15, 0.2) is 12.0 Å². The van der Waals surface area contributed by atoms with Gasteiger partial charge in [0.1, 0.15) is 96.4 Å². The minimum Gasteiger partial charge on any atom is -0.508 e. The van der Waals surface area contributed by atoms with Crippen LogP contribution in [0, 0.1) is 23.2 Å². The summed E-state index contributed by atoms with van der Waals surface area (Å²) in [6.45, 7) is 7.03. The number of nitrogens with one attached hydrogen (secondary N) is 19. The van der Waals surface area contributed by atoms with Crippen LogP contribution in [0.2, 0.25) is 0 Å². The van der Waals surface area contributed by atoms with Gasteiger partial charge in [-0.15, -0.1) is 0 Å². The monoisotopic (exact) mass is 2000 g/mol. The van der Waals surface area contributed by atoms with Crippen molar-refractivity contribution in [3.05, 3.63) is 84.1 Å². The zero-order valence-corrected chi connectivity index (χ0v) is 80.2. The highest BCUT2D eigenvalue weighted by Crippen LogP contribution is 2.24. The van der Waals surface area contributed by atoms with Crippen molar-refractivity contribution in [3.8, 4) is 5.75 Å². The third kappa shape index (κ3) is 37.8. The summed E-state index contributed by atoms with van der Waals surface area (Å²) >= 11 is 0. The van der Waals surface area contributed by atoms with Crippen molar-refractivity contribution in [3.63, 3.8) is 0 Å². The molecule has 0 spiro atoms. The molecule has 18 amide bonds. The van der Waals surface area contributed by atoms with Crippen LogP contribution in [0.15, 0.2) is 67.3 Å². The number of carboxylic acid groups (broad SMARTS) is 1. The minimum absolute atomic E-state index is 0.0106. The number of hydrogen-bond acceptors (Lipinski definition) is 30. The second-order valence-electron chi connectivity index (χ2n) is 35.4. The highest BCUT2D eigenvalue weighted by Gasteiger charge is 2.44. The number of aliphatic hydroxyl groups is 6. The maximum absolute atomic E-state index is 14.9. The number of aromatic hydroxyl groups is 1. The number of benzene rings is 2. The molecule has 4 aromatic rings. The number of nitrogens with zero attached hydrogens (tertiary/aromatic N) is 2. The van der Waals surface area contributed by atoms with Crippen LogP contribution in [0.25, 0.3) is 10.9 Å². The maximum Gasteiger partial charge on any atom is 0.328 e. The van der Waals surface area contributed by atoms with E-state index in [9.17, 15) is 132 Å². The molecule has 53 heteroatoms. The summed E-state index contributed by atoms with van der Waals surface area (Å²) in [5, 5.41) is 130. The lowest BCUT2D eigenvalue weighted by molar-refractivity contribution is -0.145. The molecule has 142 heavy (non-hydrogen) atoms. The first-order valence-electron chi connectivity index (χ1n) is 46.4. The summed E-state index contributed by atoms with van der Waals surface area (Å²) in [7, 11) is 0. The van der Waals surface area contributed by atoms with Gasteiger partial charge in [-0.25, -0.2) is 9.78 Å². The molecule has 786 valence electrons. The quantitative estimate of drug-likeness (QED) is 0.0111. The van der Waals surface area contributed by atoms with Gasteiger partial charge in [0.2, 0.25) is 106 Å². The van der Waals surface area contributed by atoms with E-state index in [2.05, 4.69) is 100 Å². The molecule has 0 radical (unpaired) electrons. The molecule has 0 bridgehead atoms. The number of imidazole rings is 1. The van der Waals surface area contributed by atoms with Crippen LogP contribution < -0.4 is 114 Å². The van der Waals surface area contributed by atoms with Crippen molar-refractivity contribution in [2.75, 3.05) is 46.1 Å². The summed E-state index contributed by atoms with van der Waals surface area (Å²) in [4.78, 5) is 276. The number of aromatic amines is 2. The standard InChI is InChI=1S/C89H138N26O27/c1-9-44(6)69(85(138)109-62(38-117)81(134)101-55(19-14-28-97-89(94)95)75(128)114-71(46(8)121)88(141)142)112-82(135)63(39-118)108-78(131)60(34-67(93)124)105-73(126)56(25-26-66(92)123)102-86(139)70(45(7)120)113-74(127)54(18-12-13-27-90)100-80(133)61(37-116)107-77(130)59(32-48-35-98-53-17-11-10-16-51(48)53)106-83(136)65-20-15-29-115(65)87(140)64(40-119)110-84(137)68(43(4)5)111-79(132)58(31-47-21-23-50(122)24-22-47)104-76(129)57(30-42(2)3)103-72(125)52(91)33-49-36-96-41-99-49/h10-11,16-17,21-24,35-36,41-46,52,54-65,68-71,98,116-122H,9,12-15,18-20,25-34,37-40,90-91H2,1-8H3,(H2,92,123)(H2,93,124)(H,96,99)(H,100,133)(H,101,134)(H,102,139)(H,103,125)(H,104,129)(H,105,126)(H,106,136)(H,107,130)(H,108,131)(H,109,138)(H,110,137)(H,111,132)(H,112,135)(H,113,127)(H,114,128)(H,141,142)(H4,94,95,97)/t44-,45+,46+,52-,54-,55-,56-,57-,58-,59-,60-,61-,62-,63-,64-,65-,68-,69-,70-,71-/m0/s1. The Morgan fingerprint density at radius 1 is 0.493 bits per heavy atom. The summed E-state index contributed by atoms with van der Waals surface area (Å²) in [5.74, 6) is -24.3. The van der Waals surface area contributed by atoms with E-state index in [1.165, 1.54) is 43.7 Å². The van der Waals surface area contributed by atoms with Gasteiger partial charge >= 0.3 is 5.97 Å². The third-order valence-electron chi connectivity index (χ3n) is 23.2. The van der Waals surface area contributed by atoms with E-state index >= 15 is 0 Å². The van der Waals surface area contributed by atoms with E-state index < -0.39 is 291 Å². The average Bonchev–Trinajstić information content (AvgIpc) is 1.66. The van der Waals surface area contributed by atoms with Crippen molar-refractivity contribution in [2.24, 2.45) is 46.4 Å². The molecule has 1 aliphatic rings. The number of carboxylic acids is 1. The zero-order valence-electron chi connectivity index (χ0n) is 80.2. The van der Waals surface area contributed by atoms with Crippen molar-refractivity contribution >= 4 is 129 Å². The number of phenolic OH excluding ortho intramolecular Hbond substituents is 1. The zero-order chi connectivity index (χ0) is 106. The number of hydrogen-bond donors (Lipinski definition) is 32. The number of guanidine groups is 1. The fourth-order valence-electron chi connectivity index (χ4n) is 15.0. The Balaban J connectivity index is 1.33. The number of aliphatic hydroxyl groups excluding tert-OH is 6. The predicted molar refractivity (Wildman–Crippen MR) is 505 cm³/mol. The van der Waals surface area contributed by atoms with Crippen molar-refractivity contribution in [2.45, 2.75) is 267 Å². The number of amides is 18. The van der Waals surface area contributed by atoms with E-state index in [1.54, 1.807) is 65.1 Å². The molecule has 0 saturated carbocycles. The first-order valence-corrected chi connectivity index (χ1v) is 46.4. The number of aliphatic carboxylic acids is 1. The number of rotatable bonds is 62. The minimum atomic E-state index is -2.12. The molecule has 53 nitrogen and oxygen atoms in total. The lowest BCUT2D eigenvalue weighted by Crippen LogP contribution is -2.63. The van der Waals surface area contributed by atoms with E-state index in [-0.39, 0.29) is 108 Å². The molecule has 2 aromatic carbocycles. The van der Waals surface area contributed by atoms with Gasteiger partial charge in [-0.05, 0) is 125 Å². The molecule has 1 saturated heterocycles. The van der Waals surface area contributed by atoms with E-state index in [0.717, 1.165) is 18.7 Å². The number of phenols is 1. The van der Waals surface area contributed by atoms with Crippen LogP contribution in [-0.2, 0) is 110 Å². The fraction of sp³-hybridized carbons (Fsp3) is 0.584. The predicted octanol–water partition coefficient (Wildman–Crippen LogP) is -10.7. The molecule has 20 atom stereocenters. The summed E-state index contributed by atoms with van der Waals surface area (Å²) < 4.78 is 0. The Bertz CT molecular complexity index is 4960. The van der Waals surface area contributed by atoms with Crippen molar-refractivity contribution in [1.29, 1.82) is 5.41 Å². The molecule has 0 aliphatic carbocycles. The fourth-order valence-corrected chi connectivity index (χ4v) is 15.0. The highest BCUT2D eigenvalue weighted by atomic mass is 16.4. The van der Waals surface area contributed by atoms with E-state index in [1.807, 2.05) is 0 Å². The summed E-state index contributed by atoms with van der Waals surface area (Å²) in [5.41, 5.74) is 30.2. The Hall–Kier alpha value is -14.1. The molecule has 5 rings (SSSR count). The lowest BCUT2D eigenvalue weighted by atomic mass is 9.97. The maximum atomic E-state index is 14.9. The van der Waals surface area contributed by atoms with Crippen LogP contribution >= 0.6 is 0 Å². The molecule has 0 unspecified atom stereocenters. The van der Waals surface area contributed by atoms with Gasteiger partial charge in [0.05, 0.1) is 63.1 Å². The Morgan fingerprint density at radius 3 is 1.49 bits per heavy atom. The Labute approximate surface area is 817 Å². The number of carbonyl (C=O) groups is 19. The topological polar surface area (TPSA) is 880 Å². The van der Waals surface area contributed by atoms with Crippen LogP contribution in [0.5, 0.6) is 5.75 Å². The average molecular weight is 2000 g/mol. The van der Waals surface area contributed by atoms with Gasteiger partial charge in [-0.2, -0.15) is 0 Å². The van der Waals surface area contributed by atoms with E-state index in [4.69, 9.17) is 34.1 Å². The Kier molecular flexibility index (Phi) is 49.0. The van der Waals surface area contributed by atoms with Crippen LogP contribution in [0.4, 0.5) is 0 Å². The van der Waals surface area contributed by atoms with Crippen LogP contribution in [-0.4, -0.2) is 340 Å². The summed E-state index contributed by atoms with van der Waals surface area (Å²) in [6.07, 6.45) is -2.03. The number of primary amides is 2. The second kappa shape index (κ2) is 58.8. The number of nitrogens with two attached hydrogens (primary N) is 5.